The average Bonchev–Trinajstić information content (AvgIpc) is 2.97. The first kappa shape index (κ1) is 14.2. The van der Waals surface area contributed by atoms with Gasteiger partial charge >= 0.3 is 0 Å². The highest BCUT2D eigenvalue weighted by atomic mass is 16.2. The van der Waals surface area contributed by atoms with Gasteiger partial charge in [0, 0.05) is 24.5 Å². The summed E-state index contributed by atoms with van der Waals surface area (Å²) in [6.07, 6.45) is 4.68. The van der Waals surface area contributed by atoms with Crippen LogP contribution in [0, 0.1) is 0 Å². The summed E-state index contributed by atoms with van der Waals surface area (Å²) in [7, 11) is 0. The van der Waals surface area contributed by atoms with E-state index in [2.05, 4.69) is 29.4 Å². The maximum atomic E-state index is 12.2. The van der Waals surface area contributed by atoms with Crippen LogP contribution in [-0.2, 0) is 13.0 Å². The Morgan fingerprint density at radius 2 is 2.20 bits per heavy atom. The highest BCUT2D eigenvalue weighted by molar-refractivity contribution is 6.03. The molecule has 6 heteroatoms. The highest BCUT2D eigenvalue weighted by Crippen LogP contribution is 2.14. The van der Waals surface area contributed by atoms with Crippen LogP contribution >= 0.6 is 0 Å². The van der Waals surface area contributed by atoms with E-state index in [-0.39, 0.29) is 5.91 Å². The fourth-order valence-electron chi connectivity index (χ4n) is 2.15. The van der Waals surface area contributed by atoms with E-state index in [0.29, 0.717) is 17.2 Å². The monoisotopic (exact) mass is 275 g/mol. The molecule has 0 saturated carbocycles. The van der Waals surface area contributed by atoms with E-state index < -0.39 is 0 Å². The maximum Gasteiger partial charge on any atom is 0.273 e. The van der Waals surface area contributed by atoms with E-state index in [4.69, 9.17) is 5.73 Å². The minimum absolute atomic E-state index is 0.190. The molecule has 2 rings (SSSR count). The summed E-state index contributed by atoms with van der Waals surface area (Å²) in [6.45, 7) is 4.92. The van der Waals surface area contributed by atoms with E-state index in [1.54, 1.807) is 12.3 Å². The summed E-state index contributed by atoms with van der Waals surface area (Å²) in [5, 5.41) is 9.79. The van der Waals surface area contributed by atoms with Crippen molar-refractivity contribution in [3.63, 3.8) is 0 Å². The summed E-state index contributed by atoms with van der Waals surface area (Å²) in [5.74, 6) is 0.353. The number of nitrogens with zero attached hydrogens (tertiary/aromatic N) is 2. The molecule has 6 nitrogen and oxygen atoms in total. The molecule has 0 bridgehead atoms. The van der Waals surface area contributed by atoms with Crippen molar-refractivity contribution in [1.82, 2.24) is 14.8 Å². The summed E-state index contributed by atoms with van der Waals surface area (Å²) < 4.78 is 1.87. The number of H-pyrrole nitrogens is 1. The number of amides is 1. The van der Waals surface area contributed by atoms with Gasteiger partial charge in [0.2, 0.25) is 0 Å². The lowest BCUT2D eigenvalue weighted by Crippen LogP contribution is -2.17. The first-order valence-corrected chi connectivity index (χ1v) is 6.95. The smallest absolute Gasteiger partial charge is 0.273 e. The van der Waals surface area contributed by atoms with Crippen LogP contribution in [0.15, 0.2) is 18.3 Å². The molecule has 2 aromatic heterocycles. The third-order valence-electron chi connectivity index (χ3n) is 3.01. The lowest BCUT2D eigenvalue weighted by Gasteiger charge is -2.06. The molecule has 108 valence electrons. The van der Waals surface area contributed by atoms with Crippen LogP contribution in [0.25, 0.3) is 0 Å². The van der Waals surface area contributed by atoms with E-state index in [1.165, 1.54) is 0 Å². The summed E-state index contributed by atoms with van der Waals surface area (Å²) in [6, 6.07) is 3.54. The van der Waals surface area contributed by atoms with E-state index in [0.717, 1.165) is 31.5 Å². The number of rotatable bonds is 6. The van der Waals surface area contributed by atoms with Crippen LogP contribution in [-0.4, -0.2) is 20.7 Å². The van der Waals surface area contributed by atoms with Crippen LogP contribution < -0.4 is 11.1 Å². The largest absolute Gasteiger partial charge is 0.397 e. The SMILES string of the molecule is CCCc1cc(NC(=O)c2cc(N)cn2CCC)n[nH]1. The number of anilines is 2. The van der Waals surface area contributed by atoms with Gasteiger partial charge in [-0.05, 0) is 18.9 Å². The zero-order valence-corrected chi connectivity index (χ0v) is 11.9. The van der Waals surface area contributed by atoms with Gasteiger partial charge in [0.15, 0.2) is 5.82 Å². The number of aromatic nitrogens is 3. The molecule has 2 heterocycles. The third-order valence-corrected chi connectivity index (χ3v) is 3.01. The fraction of sp³-hybridized carbons (Fsp3) is 0.429. The molecule has 1 amide bonds. The van der Waals surface area contributed by atoms with Crippen LogP contribution in [0.3, 0.4) is 0 Å². The van der Waals surface area contributed by atoms with Crippen LogP contribution in [0.2, 0.25) is 0 Å². The normalized spacial score (nSPS) is 10.7. The minimum Gasteiger partial charge on any atom is -0.397 e. The van der Waals surface area contributed by atoms with Crippen molar-refractivity contribution in [3.8, 4) is 0 Å². The summed E-state index contributed by atoms with van der Waals surface area (Å²) in [4.78, 5) is 12.2. The Morgan fingerprint density at radius 1 is 1.40 bits per heavy atom. The van der Waals surface area contributed by atoms with Gasteiger partial charge in [0.1, 0.15) is 5.69 Å². The van der Waals surface area contributed by atoms with Gasteiger partial charge in [-0.15, -0.1) is 0 Å². The lowest BCUT2D eigenvalue weighted by molar-refractivity contribution is 0.101. The summed E-state index contributed by atoms with van der Waals surface area (Å²) in [5.41, 5.74) is 7.94. The number of hydrogen-bond acceptors (Lipinski definition) is 3. The quantitative estimate of drug-likeness (QED) is 0.756. The molecular weight excluding hydrogens is 254 g/mol. The first-order chi connectivity index (χ1) is 9.63. The van der Waals surface area contributed by atoms with Crippen LogP contribution in [0.1, 0.15) is 42.9 Å². The maximum absolute atomic E-state index is 12.2. The molecule has 20 heavy (non-hydrogen) atoms. The molecule has 0 atom stereocenters. The molecule has 0 saturated heterocycles. The van der Waals surface area contributed by atoms with Crippen molar-refractivity contribution < 1.29 is 4.79 Å². The van der Waals surface area contributed by atoms with Gasteiger partial charge in [-0.25, -0.2) is 0 Å². The zero-order chi connectivity index (χ0) is 14.5. The Kier molecular flexibility index (Phi) is 4.45. The van der Waals surface area contributed by atoms with Crippen molar-refractivity contribution in [2.75, 3.05) is 11.1 Å². The molecule has 2 aromatic rings. The number of hydrogen-bond donors (Lipinski definition) is 3. The Hall–Kier alpha value is -2.24. The lowest BCUT2D eigenvalue weighted by atomic mass is 10.2. The van der Waals surface area contributed by atoms with E-state index in [9.17, 15) is 4.79 Å². The second-order valence-electron chi connectivity index (χ2n) is 4.83. The summed E-state index contributed by atoms with van der Waals surface area (Å²) >= 11 is 0. The van der Waals surface area contributed by atoms with Crippen molar-refractivity contribution in [2.24, 2.45) is 0 Å². The number of nitrogens with one attached hydrogen (secondary N) is 2. The highest BCUT2D eigenvalue weighted by Gasteiger charge is 2.14. The van der Waals surface area contributed by atoms with Crippen molar-refractivity contribution in [2.45, 2.75) is 39.7 Å². The third kappa shape index (κ3) is 3.20. The Bertz CT molecular complexity index is 584. The first-order valence-electron chi connectivity index (χ1n) is 6.95. The molecule has 0 aliphatic carbocycles. The second kappa shape index (κ2) is 6.27. The molecule has 4 N–H and O–H groups in total. The van der Waals surface area contributed by atoms with E-state index in [1.807, 2.05) is 10.6 Å². The molecule has 0 spiro atoms. The number of nitrogen functional groups attached to an aromatic ring is 1. The van der Waals surface area contributed by atoms with Gasteiger partial charge in [0.25, 0.3) is 5.91 Å². The van der Waals surface area contributed by atoms with Crippen LogP contribution in [0.4, 0.5) is 11.5 Å². The van der Waals surface area contributed by atoms with Crippen LogP contribution in [0.5, 0.6) is 0 Å². The minimum atomic E-state index is -0.190. The molecule has 0 aliphatic rings. The number of aryl methyl sites for hydroxylation is 2. The molecule has 0 fully saturated rings. The average molecular weight is 275 g/mol. The van der Waals surface area contributed by atoms with E-state index >= 15 is 0 Å². The van der Waals surface area contributed by atoms with Gasteiger partial charge in [0.05, 0.1) is 5.69 Å². The predicted molar refractivity (Wildman–Crippen MR) is 79.7 cm³/mol. The number of carbonyl (C=O) groups is 1. The molecule has 0 unspecified atom stereocenters. The molecule has 0 aliphatic heterocycles. The van der Waals surface area contributed by atoms with Crippen molar-refractivity contribution in [3.05, 3.63) is 29.7 Å². The van der Waals surface area contributed by atoms with Gasteiger partial charge in [-0.1, -0.05) is 20.3 Å². The standard InChI is InChI=1S/C14H21N5O/c1-3-5-11-8-13(18-17-11)16-14(20)12-7-10(15)9-19(12)6-4-2/h7-9H,3-6,15H2,1-2H3,(H2,16,17,18,20). The van der Waals surface area contributed by atoms with Crippen molar-refractivity contribution >= 4 is 17.4 Å². The van der Waals surface area contributed by atoms with Crippen molar-refractivity contribution in [1.29, 1.82) is 0 Å². The number of carbonyl (C=O) groups excluding carboxylic acids is 1. The Labute approximate surface area is 118 Å². The molecule has 0 radical (unpaired) electrons. The molecular formula is C14H21N5O. The second-order valence-corrected chi connectivity index (χ2v) is 4.83. The van der Waals surface area contributed by atoms with Gasteiger partial charge in [-0.2, -0.15) is 5.10 Å². The number of nitrogens with two attached hydrogens (primary N) is 1. The van der Waals surface area contributed by atoms with Gasteiger partial charge in [-0.3, -0.25) is 9.89 Å². The topological polar surface area (TPSA) is 88.7 Å². The molecule has 0 aromatic carbocycles. The predicted octanol–water partition coefficient (Wildman–Crippen LogP) is 2.41. The number of aromatic amines is 1. The zero-order valence-electron chi connectivity index (χ0n) is 11.9. The Balaban J connectivity index is 2.10. The Morgan fingerprint density at radius 3 is 2.90 bits per heavy atom. The van der Waals surface area contributed by atoms with Gasteiger partial charge < -0.3 is 15.6 Å². The fourth-order valence-corrected chi connectivity index (χ4v) is 2.15.